The van der Waals surface area contributed by atoms with Crippen LogP contribution < -0.4 is 0 Å². The van der Waals surface area contributed by atoms with Gasteiger partial charge < -0.3 is 4.42 Å². The summed E-state index contributed by atoms with van der Waals surface area (Å²) in [7, 11) is 0. The van der Waals surface area contributed by atoms with Gasteiger partial charge in [-0.1, -0.05) is 72.8 Å². The number of hydrogen-bond donors (Lipinski definition) is 0. The summed E-state index contributed by atoms with van der Waals surface area (Å²) in [4.78, 5) is 9.31. The second kappa shape index (κ2) is 5.56. The quantitative estimate of drug-likeness (QED) is 0.391. The summed E-state index contributed by atoms with van der Waals surface area (Å²) >= 11 is 0. The van der Waals surface area contributed by atoms with E-state index in [2.05, 4.69) is 23.2 Å². The Labute approximate surface area is 144 Å². The highest BCUT2D eigenvalue weighted by molar-refractivity contribution is 6.10. The van der Waals surface area contributed by atoms with Crippen LogP contribution in [-0.4, -0.2) is 9.97 Å². The van der Waals surface area contributed by atoms with Crippen LogP contribution in [0.15, 0.2) is 89.5 Å². The third kappa shape index (κ3) is 2.29. The van der Waals surface area contributed by atoms with E-state index in [9.17, 15) is 0 Å². The van der Waals surface area contributed by atoms with Crippen molar-refractivity contribution in [1.82, 2.24) is 9.97 Å². The monoisotopic (exact) mass is 322 g/mol. The van der Waals surface area contributed by atoms with E-state index in [1.54, 1.807) is 6.20 Å². The summed E-state index contributed by atoms with van der Waals surface area (Å²) in [6, 6.07) is 26.4. The van der Waals surface area contributed by atoms with Crippen LogP contribution in [0.1, 0.15) is 0 Å². The minimum atomic E-state index is 0.542. The van der Waals surface area contributed by atoms with Crippen LogP contribution in [0.5, 0.6) is 0 Å². The highest BCUT2D eigenvalue weighted by Crippen LogP contribution is 2.33. The van der Waals surface area contributed by atoms with E-state index in [1.165, 1.54) is 0 Å². The number of rotatable bonds is 2. The number of pyridine rings is 1. The van der Waals surface area contributed by atoms with Crippen LogP contribution in [0, 0.1) is 0 Å². The van der Waals surface area contributed by atoms with Crippen molar-refractivity contribution in [2.75, 3.05) is 0 Å². The van der Waals surface area contributed by atoms with E-state index in [0.29, 0.717) is 5.89 Å². The summed E-state index contributed by atoms with van der Waals surface area (Å²) in [5, 5.41) is 3.34. The van der Waals surface area contributed by atoms with Crippen molar-refractivity contribution >= 4 is 21.7 Å². The van der Waals surface area contributed by atoms with Gasteiger partial charge in [-0.2, -0.15) is 0 Å². The first-order valence-corrected chi connectivity index (χ1v) is 8.19. The first-order chi connectivity index (χ1) is 12.4. The molecule has 118 valence electrons. The number of benzene rings is 3. The molecule has 0 fully saturated rings. The Bertz CT molecular complexity index is 1190. The minimum absolute atomic E-state index is 0.542. The lowest BCUT2D eigenvalue weighted by molar-refractivity contribution is 0.587. The van der Waals surface area contributed by atoms with Crippen molar-refractivity contribution in [1.29, 1.82) is 0 Å². The second-order valence-electron chi connectivity index (χ2n) is 5.92. The van der Waals surface area contributed by atoms with Crippen LogP contribution in [0.2, 0.25) is 0 Å². The van der Waals surface area contributed by atoms with E-state index in [4.69, 9.17) is 9.40 Å². The topological polar surface area (TPSA) is 38.9 Å². The molecular weight excluding hydrogens is 308 g/mol. The zero-order chi connectivity index (χ0) is 16.6. The van der Waals surface area contributed by atoms with Crippen molar-refractivity contribution in [3.05, 3.63) is 85.1 Å². The minimum Gasteiger partial charge on any atom is -0.435 e. The van der Waals surface area contributed by atoms with Gasteiger partial charge >= 0.3 is 0 Å². The number of hydrogen-bond acceptors (Lipinski definition) is 3. The molecule has 0 atom stereocenters. The Morgan fingerprint density at radius 2 is 1.32 bits per heavy atom. The first kappa shape index (κ1) is 13.9. The molecule has 0 saturated carbocycles. The van der Waals surface area contributed by atoms with Gasteiger partial charge in [-0.05, 0) is 11.5 Å². The van der Waals surface area contributed by atoms with Crippen LogP contribution in [0.3, 0.4) is 0 Å². The Balaban J connectivity index is 1.76. The summed E-state index contributed by atoms with van der Waals surface area (Å²) in [5.41, 5.74) is 2.72. The molecule has 0 radical (unpaired) electrons. The van der Waals surface area contributed by atoms with Gasteiger partial charge in [0.25, 0.3) is 0 Å². The van der Waals surface area contributed by atoms with Crippen molar-refractivity contribution in [2.45, 2.75) is 0 Å². The molecule has 0 N–H and O–H groups in total. The number of aromatic nitrogens is 2. The molecule has 0 bridgehead atoms. The lowest BCUT2D eigenvalue weighted by atomic mass is 10.0. The number of oxazole rings is 1. The fourth-order valence-electron chi connectivity index (χ4n) is 3.19. The SMILES string of the molecule is c1ccc(-c2cnc(-c3nc4ccccc4c4ccccc34)o2)cc1. The Morgan fingerprint density at radius 1 is 0.640 bits per heavy atom. The molecule has 25 heavy (non-hydrogen) atoms. The summed E-state index contributed by atoms with van der Waals surface area (Å²) in [5.74, 6) is 1.29. The van der Waals surface area contributed by atoms with Crippen LogP contribution >= 0.6 is 0 Å². The van der Waals surface area contributed by atoms with Gasteiger partial charge in [0.2, 0.25) is 5.89 Å². The highest BCUT2D eigenvalue weighted by atomic mass is 16.4. The van der Waals surface area contributed by atoms with Gasteiger partial charge in [0, 0.05) is 16.3 Å². The maximum absolute atomic E-state index is 6.04. The van der Waals surface area contributed by atoms with Crippen molar-refractivity contribution in [3.63, 3.8) is 0 Å². The van der Waals surface area contributed by atoms with Gasteiger partial charge in [-0.15, -0.1) is 0 Å². The molecule has 3 nitrogen and oxygen atoms in total. The molecule has 0 spiro atoms. The van der Waals surface area contributed by atoms with Crippen LogP contribution in [0.25, 0.3) is 44.6 Å². The largest absolute Gasteiger partial charge is 0.435 e. The molecule has 0 aliphatic rings. The molecule has 2 aromatic heterocycles. The third-order valence-electron chi connectivity index (χ3n) is 4.38. The fourth-order valence-corrected chi connectivity index (χ4v) is 3.19. The van der Waals surface area contributed by atoms with Crippen molar-refractivity contribution in [2.24, 2.45) is 0 Å². The summed E-state index contributed by atoms with van der Waals surface area (Å²) < 4.78 is 6.04. The van der Waals surface area contributed by atoms with Crippen molar-refractivity contribution < 1.29 is 4.42 Å². The van der Waals surface area contributed by atoms with Gasteiger partial charge in [0.1, 0.15) is 5.69 Å². The molecule has 3 heteroatoms. The highest BCUT2D eigenvalue weighted by Gasteiger charge is 2.15. The Hall–Kier alpha value is -3.46. The van der Waals surface area contributed by atoms with Crippen molar-refractivity contribution in [3.8, 4) is 22.9 Å². The second-order valence-corrected chi connectivity index (χ2v) is 5.92. The normalized spacial score (nSPS) is 11.2. The van der Waals surface area contributed by atoms with Crippen LogP contribution in [-0.2, 0) is 0 Å². The zero-order valence-electron chi connectivity index (χ0n) is 13.4. The molecule has 0 aliphatic heterocycles. The molecule has 5 aromatic rings. The molecule has 0 saturated heterocycles. The smallest absolute Gasteiger partial charge is 0.246 e. The van der Waals surface area contributed by atoms with E-state index < -0.39 is 0 Å². The molecule has 0 unspecified atom stereocenters. The maximum atomic E-state index is 6.04. The predicted octanol–water partition coefficient (Wildman–Crippen LogP) is 5.71. The number of nitrogens with zero attached hydrogens (tertiary/aromatic N) is 2. The fraction of sp³-hybridized carbons (Fsp3) is 0. The summed E-state index contributed by atoms with van der Waals surface area (Å²) in [6.45, 7) is 0. The molecule has 5 rings (SSSR count). The van der Waals surface area contributed by atoms with E-state index in [1.807, 2.05) is 60.7 Å². The average molecular weight is 322 g/mol. The number of para-hydroxylation sites is 1. The lowest BCUT2D eigenvalue weighted by Crippen LogP contribution is -1.89. The number of fused-ring (bicyclic) bond motifs is 3. The molecule has 0 amide bonds. The van der Waals surface area contributed by atoms with Gasteiger partial charge in [-0.3, -0.25) is 0 Å². The predicted molar refractivity (Wildman–Crippen MR) is 100 cm³/mol. The van der Waals surface area contributed by atoms with Gasteiger partial charge in [0.05, 0.1) is 11.7 Å². The summed E-state index contributed by atoms with van der Waals surface area (Å²) in [6.07, 6.45) is 1.76. The van der Waals surface area contributed by atoms with Crippen LogP contribution in [0.4, 0.5) is 0 Å². The lowest BCUT2D eigenvalue weighted by Gasteiger charge is -2.07. The van der Waals surface area contributed by atoms with E-state index in [-0.39, 0.29) is 0 Å². The maximum Gasteiger partial charge on any atom is 0.246 e. The zero-order valence-corrected chi connectivity index (χ0v) is 13.4. The van der Waals surface area contributed by atoms with E-state index >= 15 is 0 Å². The molecule has 2 heterocycles. The molecule has 0 aliphatic carbocycles. The Morgan fingerprint density at radius 3 is 2.16 bits per heavy atom. The third-order valence-corrected chi connectivity index (χ3v) is 4.38. The first-order valence-electron chi connectivity index (χ1n) is 8.19. The standard InChI is InChI=1S/C22H14N2O/c1-2-8-15(9-3-1)20-14-23-22(25-20)21-18-12-5-4-10-16(18)17-11-6-7-13-19(17)24-21/h1-14H. The van der Waals surface area contributed by atoms with E-state index in [0.717, 1.165) is 38.7 Å². The molecular formula is C22H14N2O. The Kier molecular flexibility index (Phi) is 3.10. The molecule has 3 aromatic carbocycles. The average Bonchev–Trinajstić information content (AvgIpc) is 3.18. The van der Waals surface area contributed by atoms with Gasteiger partial charge in [0.15, 0.2) is 5.76 Å². The van der Waals surface area contributed by atoms with Gasteiger partial charge in [-0.25, -0.2) is 9.97 Å².